The predicted octanol–water partition coefficient (Wildman–Crippen LogP) is 4.67. The average molecular weight is 423 g/mol. The zero-order valence-electron chi connectivity index (χ0n) is 11.1. The van der Waals surface area contributed by atoms with E-state index in [0.717, 1.165) is 11.5 Å². The molecule has 2 rings (SSSR count). The van der Waals surface area contributed by atoms with Crippen LogP contribution in [0.25, 0.3) is 0 Å². The Morgan fingerprint density at radius 1 is 0.560 bits per heavy atom. The van der Waals surface area contributed by atoms with E-state index in [1.807, 2.05) is 24.3 Å². The molecule has 0 saturated heterocycles. The van der Waals surface area contributed by atoms with Gasteiger partial charge < -0.3 is 61.3 Å². The molecule has 1 aromatic carbocycles. The molecule has 1 aromatic rings. The Morgan fingerprint density at radius 3 is 0.960 bits per heavy atom. The molecule has 0 N–H and O–H groups in total. The van der Waals surface area contributed by atoms with Crippen molar-refractivity contribution in [1.29, 1.82) is 0 Å². The smallest absolute Gasteiger partial charge is 0.231 e. The van der Waals surface area contributed by atoms with Crippen molar-refractivity contribution in [3.05, 3.63) is 24.3 Å². The SMILES string of the molecule is F[B-](F)(F)F.F[B-](F)(F)F.F[B-](F)(F)F.[KH].c1ccc2c(c1)OCO2. The Balaban J connectivity index is -0.000000269. The monoisotopic (exact) mass is 423 g/mol. The van der Waals surface area contributed by atoms with Crippen molar-refractivity contribution < 1.29 is 61.3 Å². The van der Waals surface area contributed by atoms with E-state index in [9.17, 15) is 51.8 Å². The van der Waals surface area contributed by atoms with Gasteiger partial charge in [-0.1, -0.05) is 12.1 Å². The van der Waals surface area contributed by atoms with Gasteiger partial charge in [0.15, 0.2) is 11.5 Å². The first-order valence-electron chi connectivity index (χ1n) is 5.43. The largest absolute Gasteiger partial charge is 0.454 e. The molecule has 1 aliphatic rings. The molecule has 0 fully saturated rings. The van der Waals surface area contributed by atoms with E-state index in [4.69, 9.17) is 9.47 Å². The standard InChI is InChI=1S/C7H6O2.3BF4.K.H/c1-2-4-7-6(3-1)8-5-9-7;3*2-1(3,4)5;;/h1-4H,5H2;;;;;/q;3*-1;;. The molecule has 25 heavy (non-hydrogen) atoms. The second kappa shape index (κ2) is 13.1. The topological polar surface area (TPSA) is 18.5 Å². The molecule has 0 spiro atoms. The fourth-order valence-corrected chi connectivity index (χ4v) is 0.845. The normalized spacial score (nSPS) is 12.2. The second-order valence-corrected chi connectivity index (χ2v) is 3.34. The van der Waals surface area contributed by atoms with E-state index in [2.05, 4.69) is 0 Å². The van der Waals surface area contributed by atoms with Crippen molar-refractivity contribution >= 4 is 73.1 Å². The van der Waals surface area contributed by atoms with Crippen LogP contribution >= 0.6 is 0 Å². The van der Waals surface area contributed by atoms with E-state index < -0.39 is 21.8 Å². The molecule has 1 heterocycles. The van der Waals surface area contributed by atoms with Crippen molar-refractivity contribution in [2.45, 2.75) is 0 Å². The van der Waals surface area contributed by atoms with Gasteiger partial charge in [-0.3, -0.25) is 0 Å². The summed E-state index contributed by atoms with van der Waals surface area (Å²) < 4.78 is 127. The van der Waals surface area contributed by atoms with Gasteiger partial charge in [-0.2, -0.15) is 0 Å². The molecule has 0 saturated carbocycles. The number of ether oxygens (including phenoxy) is 2. The molecule has 0 unspecified atom stereocenters. The van der Waals surface area contributed by atoms with Gasteiger partial charge in [0.2, 0.25) is 6.79 Å². The fraction of sp³-hybridized carbons (Fsp3) is 0.143. The number of para-hydroxylation sites is 2. The molecule has 0 aromatic heterocycles. The number of rotatable bonds is 0. The van der Waals surface area contributed by atoms with Crippen molar-refractivity contribution in [3.63, 3.8) is 0 Å². The van der Waals surface area contributed by atoms with Crippen LogP contribution in [0.3, 0.4) is 0 Å². The minimum Gasteiger partial charge on any atom is -0.454 e. The van der Waals surface area contributed by atoms with Crippen LogP contribution in [-0.4, -0.2) is 79.9 Å². The van der Waals surface area contributed by atoms with E-state index in [-0.39, 0.29) is 51.4 Å². The second-order valence-electron chi connectivity index (χ2n) is 3.34. The average Bonchev–Trinajstić information content (AvgIpc) is 2.69. The first kappa shape index (κ1) is 29.6. The molecule has 144 valence electrons. The maximum Gasteiger partial charge on any atom is 0.231 e. The van der Waals surface area contributed by atoms with Gasteiger partial charge in [-0.25, -0.2) is 0 Å². The van der Waals surface area contributed by atoms with Gasteiger partial charge >= 0.3 is 73.1 Å². The third kappa shape index (κ3) is 40.1. The number of fused-ring (bicyclic) bond motifs is 1. The molecule has 0 aliphatic carbocycles. The van der Waals surface area contributed by atoms with Crippen LogP contribution < -0.4 is 9.47 Å². The molecular weight excluding hydrogens is 416 g/mol. The van der Waals surface area contributed by atoms with Crippen molar-refractivity contribution in [3.8, 4) is 11.5 Å². The third-order valence-corrected chi connectivity index (χ3v) is 1.28. The summed E-state index contributed by atoms with van der Waals surface area (Å²) in [6.45, 7) is 0.360. The van der Waals surface area contributed by atoms with Crippen LogP contribution in [0.5, 0.6) is 11.5 Å². The Hall–Kier alpha value is -0.189. The molecule has 0 bridgehead atoms. The van der Waals surface area contributed by atoms with Gasteiger partial charge in [0.05, 0.1) is 0 Å². The van der Waals surface area contributed by atoms with E-state index in [1.54, 1.807) is 0 Å². The van der Waals surface area contributed by atoms with Crippen LogP contribution in [0, 0.1) is 0 Å². The van der Waals surface area contributed by atoms with E-state index in [0.29, 0.717) is 6.79 Å². The maximum absolute atomic E-state index is 9.75. The van der Waals surface area contributed by atoms with Crippen LogP contribution in [-0.2, 0) is 0 Å². The number of hydrogen-bond donors (Lipinski definition) is 0. The number of hydrogen-bond acceptors (Lipinski definition) is 2. The van der Waals surface area contributed by atoms with Crippen molar-refractivity contribution in [1.82, 2.24) is 0 Å². The molecular formula is C7H7B3F12KO2-3. The Morgan fingerprint density at radius 2 is 0.760 bits per heavy atom. The summed E-state index contributed by atoms with van der Waals surface area (Å²) in [6.07, 6.45) is 0. The zero-order valence-corrected chi connectivity index (χ0v) is 11.1. The molecule has 0 atom stereocenters. The Kier molecular flexibility index (Phi) is 15.4. The molecule has 18 heteroatoms. The van der Waals surface area contributed by atoms with Gasteiger partial charge in [-0.05, 0) is 12.1 Å². The maximum atomic E-state index is 9.75. The van der Waals surface area contributed by atoms with Crippen molar-refractivity contribution in [2.24, 2.45) is 0 Å². The minimum atomic E-state index is -6.00. The van der Waals surface area contributed by atoms with Crippen LogP contribution in [0.4, 0.5) is 51.8 Å². The summed E-state index contributed by atoms with van der Waals surface area (Å²) in [6, 6.07) is 7.63. The Bertz CT molecular complexity index is 396. The summed E-state index contributed by atoms with van der Waals surface area (Å²) >= 11 is 0. The fourth-order valence-electron chi connectivity index (χ4n) is 0.845. The quantitative estimate of drug-likeness (QED) is 0.447. The Labute approximate surface area is 176 Å². The molecule has 1 aliphatic heterocycles. The summed E-state index contributed by atoms with van der Waals surface area (Å²) in [7, 11) is -18.0. The van der Waals surface area contributed by atoms with Crippen molar-refractivity contribution in [2.75, 3.05) is 6.79 Å². The predicted molar refractivity (Wildman–Crippen MR) is 70.3 cm³/mol. The van der Waals surface area contributed by atoms with Gasteiger partial charge in [0, 0.05) is 0 Å². The van der Waals surface area contributed by atoms with Gasteiger partial charge in [0.1, 0.15) is 0 Å². The third-order valence-electron chi connectivity index (χ3n) is 1.28. The minimum absolute atomic E-state index is 0. The first-order valence-corrected chi connectivity index (χ1v) is 5.43. The summed E-state index contributed by atoms with van der Waals surface area (Å²) in [5, 5.41) is 0. The van der Waals surface area contributed by atoms with Gasteiger partial charge in [0.25, 0.3) is 0 Å². The summed E-state index contributed by atoms with van der Waals surface area (Å²) in [5.41, 5.74) is 0. The van der Waals surface area contributed by atoms with Crippen LogP contribution in [0.15, 0.2) is 24.3 Å². The van der Waals surface area contributed by atoms with E-state index in [1.165, 1.54) is 0 Å². The van der Waals surface area contributed by atoms with Crippen LogP contribution in [0.2, 0.25) is 0 Å². The molecule has 0 radical (unpaired) electrons. The van der Waals surface area contributed by atoms with Crippen LogP contribution in [0.1, 0.15) is 0 Å². The van der Waals surface area contributed by atoms with Gasteiger partial charge in [-0.15, -0.1) is 0 Å². The van der Waals surface area contributed by atoms with E-state index >= 15 is 0 Å². The molecule has 2 nitrogen and oxygen atoms in total. The summed E-state index contributed by atoms with van der Waals surface area (Å²) in [4.78, 5) is 0. The molecule has 0 amide bonds. The first-order chi connectivity index (χ1) is 10.5. The number of halogens is 12. The zero-order chi connectivity index (χ0) is 19.6. The number of benzene rings is 1. The summed E-state index contributed by atoms with van der Waals surface area (Å²) in [5.74, 6) is 1.69.